The van der Waals surface area contributed by atoms with Gasteiger partial charge in [0.05, 0.1) is 6.54 Å². The van der Waals surface area contributed by atoms with Crippen LogP contribution in [0.2, 0.25) is 0 Å². The highest BCUT2D eigenvalue weighted by Crippen LogP contribution is 2.44. The van der Waals surface area contributed by atoms with Gasteiger partial charge in [-0.1, -0.05) is 36.8 Å². The average molecular weight is 231 g/mol. The third kappa shape index (κ3) is 1.79. The first kappa shape index (κ1) is 10.6. The van der Waals surface area contributed by atoms with Gasteiger partial charge < -0.3 is 10.1 Å². The first-order chi connectivity index (χ1) is 8.30. The third-order valence-corrected chi connectivity index (χ3v) is 4.01. The van der Waals surface area contributed by atoms with E-state index in [2.05, 4.69) is 29.6 Å². The van der Waals surface area contributed by atoms with Crippen molar-refractivity contribution in [3.05, 3.63) is 35.9 Å². The van der Waals surface area contributed by atoms with Gasteiger partial charge >= 0.3 is 6.09 Å². The van der Waals surface area contributed by atoms with Crippen molar-refractivity contribution in [1.29, 1.82) is 0 Å². The predicted molar refractivity (Wildman–Crippen MR) is 64.9 cm³/mol. The van der Waals surface area contributed by atoms with Crippen molar-refractivity contribution in [2.75, 3.05) is 6.54 Å². The van der Waals surface area contributed by atoms with Crippen LogP contribution in [0.4, 0.5) is 4.79 Å². The van der Waals surface area contributed by atoms with Gasteiger partial charge in [0.1, 0.15) is 5.60 Å². The van der Waals surface area contributed by atoms with Gasteiger partial charge in [-0.3, -0.25) is 0 Å². The predicted octanol–water partition coefficient (Wildman–Crippen LogP) is 2.82. The van der Waals surface area contributed by atoms with Gasteiger partial charge in [0.25, 0.3) is 0 Å². The van der Waals surface area contributed by atoms with E-state index in [-0.39, 0.29) is 11.7 Å². The van der Waals surface area contributed by atoms with Crippen molar-refractivity contribution in [1.82, 2.24) is 5.32 Å². The summed E-state index contributed by atoms with van der Waals surface area (Å²) in [4.78, 5) is 11.4. The topological polar surface area (TPSA) is 38.3 Å². The number of ether oxygens (including phenoxy) is 1. The molecule has 2 atom stereocenters. The Morgan fingerprint density at radius 3 is 2.76 bits per heavy atom. The summed E-state index contributed by atoms with van der Waals surface area (Å²) in [5, 5.41) is 2.82. The summed E-state index contributed by atoms with van der Waals surface area (Å²) in [6.45, 7) is 0.658. The fraction of sp³-hybridized carbons (Fsp3) is 0.500. The molecule has 1 spiro atoms. The quantitative estimate of drug-likeness (QED) is 0.807. The highest BCUT2D eigenvalue weighted by atomic mass is 16.6. The molecule has 0 radical (unpaired) electrons. The van der Waals surface area contributed by atoms with Gasteiger partial charge in [0.15, 0.2) is 0 Å². The minimum absolute atomic E-state index is 0.257. The number of hydrogen-bond acceptors (Lipinski definition) is 2. The smallest absolute Gasteiger partial charge is 0.407 e. The van der Waals surface area contributed by atoms with Crippen molar-refractivity contribution >= 4 is 6.09 Å². The van der Waals surface area contributed by atoms with E-state index in [0.29, 0.717) is 12.5 Å². The SMILES string of the molecule is O=C1NCC2(CCCCC2c2ccccc2)O1. The zero-order chi connectivity index (χ0) is 11.7. The molecule has 1 heterocycles. The van der Waals surface area contributed by atoms with Crippen LogP contribution in [0.1, 0.15) is 37.2 Å². The Morgan fingerprint density at radius 2 is 2.06 bits per heavy atom. The van der Waals surface area contributed by atoms with Gasteiger partial charge in [-0.05, 0) is 24.8 Å². The Labute approximate surface area is 101 Å². The lowest BCUT2D eigenvalue weighted by atomic mass is 9.72. The molecule has 1 saturated heterocycles. The fourth-order valence-electron chi connectivity index (χ4n) is 3.18. The van der Waals surface area contributed by atoms with E-state index >= 15 is 0 Å². The number of benzene rings is 1. The summed E-state index contributed by atoms with van der Waals surface area (Å²) >= 11 is 0. The molecule has 1 aliphatic carbocycles. The van der Waals surface area contributed by atoms with Crippen LogP contribution >= 0.6 is 0 Å². The van der Waals surface area contributed by atoms with Crippen molar-refractivity contribution < 1.29 is 9.53 Å². The maximum Gasteiger partial charge on any atom is 0.407 e. The van der Waals surface area contributed by atoms with E-state index in [0.717, 1.165) is 19.3 Å². The first-order valence-electron chi connectivity index (χ1n) is 6.32. The van der Waals surface area contributed by atoms with Crippen molar-refractivity contribution in [2.24, 2.45) is 0 Å². The molecular weight excluding hydrogens is 214 g/mol. The Bertz CT molecular complexity index is 417. The summed E-state index contributed by atoms with van der Waals surface area (Å²) in [5.74, 6) is 0.344. The average Bonchev–Trinajstić information content (AvgIpc) is 2.73. The van der Waals surface area contributed by atoms with Crippen LogP contribution in [0.5, 0.6) is 0 Å². The normalized spacial score (nSPS) is 32.2. The molecule has 90 valence electrons. The number of carbonyl (C=O) groups is 1. The van der Waals surface area contributed by atoms with Crippen LogP contribution < -0.4 is 5.32 Å². The molecule has 2 fully saturated rings. The van der Waals surface area contributed by atoms with E-state index in [1.807, 2.05) is 6.07 Å². The second kappa shape index (κ2) is 4.06. The summed E-state index contributed by atoms with van der Waals surface area (Å²) in [6.07, 6.45) is 4.20. The number of nitrogens with one attached hydrogen (secondary N) is 1. The van der Waals surface area contributed by atoms with Gasteiger partial charge in [0, 0.05) is 5.92 Å². The standard InChI is InChI=1S/C14H17NO2/c16-13-15-10-14(17-13)9-5-4-8-12(14)11-6-2-1-3-7-11/h1-3,6-7,12H,4-5,8-10H2,(H,15,16). The molecule has 3 heteroatoms. The molecule has 1 aromatic rings. The first-order valence-corrected chi connectivity index (χ1v) is 6.32. The summed E-state index contributed by atoms with van der Waals surface area (Å²) in [6, 6.07) is 10.4. The van der Waals surface area contributed by atoms with Crippen LogP contribution in [0, 0.1) is 0 Å². The molecule has 1 aliphatic heterocycles. The highest BCUT2D eigenvalue weighted by Gasteiger charge is 2.48. The summed E-state index contributed by atoms with van der Waals surface area (Å²) < 4.78 is 5.61. The molecule has 1 aromatic carbocycles. The Kier molecular flexibility index (Phi) is 2.54. The molecule has 17 heavy (non-hydrogen) atoms. The lowest BCUT2D eigenvalue weighted by molar-refractivity contribution is 0.00691. The van der Waals surface area contributed by atoms with Gasteiger partial charge in [-0.2, -0.15) is 0 Å². The molecule has 1 N–H and O–H groups in total. The van der Waals surface area contributed by atoms with Crippen LogP contribution in [-0.4, -0.2) is 18.2 Å². The largest absolute Gasteiger partial charge is 0.440 e. The number of amides is 1. The summed E-state index contributed by atoms with van der Waals surface area (Å²) in [5.41, 5.74) is 1.00. The molecule has 1 saturated carbocycles. The molecular formula is C14H17NO2. The number of hydrogen-bond donors (Lipinski definition) is 1. The maximum atomic E-state index is 11.4. The van der Waals surface area contributed by atoms with E-state index in [4.69, 9.17) is 4.74 Å². The van der Waals surface area contributed by atoms with Crippen molar-refractivity contribution in [3.63, 3.8) is 0 Å². The highest BCUT2D eigenvalue weighted by molar-refractivity contribution is 5.70. The minimum atomic E-state index is -0.295. The van der Waals surface area contributed by atoms with E-state index in [9.17, 15) is 4.79 Å². The number of rotatable bonds is 1. The second-order valence-electron chi connectivity index (χ2n) is 5.02. The molecule has 3 nitrogen and oxygen atoms in total. The third-order valence-electron chi connectivity index (χ3n) is 4.01. The molecule has 1 amide bonds. The zero-order valence-electron chi connectivity index (χ0n) is 9.82. The van der Waals surface area contributed by atoms with Gasteiger partial charge in [0.2, 0.25) is 0 Å². The Hall–Kier alpha value is -1.51. The molecule has 3 rings (SSSR count). The number of carbonyl (C=O) groups excluding carboxylic acids is 1. The fourth-order valence-corrected chi connectivity index (χ4v) is 3.18. The van der Waals surface area contributed by atoms with Crippen LogP contribution in [-0.2, 0) is 4.74 Å². The lowest BCUT2D eigenvalue weighted by Crippen LogP contribution is -2.42. The summed E-state index contributed by atoms with van der Waals surface area (Å²) in [7, 11) is 0. The molecule has 2 unspecified atom stereocenters. The zero-order valence-corrected chi connectivity index (χ0v) is 9.82. The van der Waals surface area contributed by atoms with E-state index in [1.54, 1.807) is 0 Å². The Balaban J connectivity index is 1.93. The van der Waals surface area contributed by atoms with Crippen LogP contribution in [0.15, 0.2) is 30.3 Å². The van der Waals surface area contributed by atoms with Crippen molar-refractivity contribution in [2.45, 2.75) is 37.2 Å². The number of alkyl carbamates (subject to hydrolysis) is 1. The monoisotopic (exact) mass is 231 g/mol. The molecule has 0 aromatic heterocycles. The lowest BCUT2D eigenvalue weighted by Gasteiger charge is -2.39. The molecule has 2 aliphatic rings. The van der Waals surface area contributed by atoms with Gasteiger partial charge in [-0.15, -0.1) is 0 Å². The maximum absolute atomic E-state index is 11.4. The minimum Gasteiger partial charge on any atom is -0.440 e. The molecule has 0 bridgehead atoms. The van der Waals surface area contributed by atoms with Crippen LogP contribution in [0.25, 0.3) is 0 Å². The second-order valence-corrected chi connectivity index (χ2v) is 5.02. The Morgan fingerprint density at radius 1 is 1.24 bits per heavy atom. The van der Waals surface area contributed by atoms with Gasteiger partial charge in [-0.25, -0.2) is 4.79 Å². The van der Waals surface area contributed by atoms with E-state index in [1.165, 1.54) is 12.0 Å². The van der Waals surface area contributed by atoms with Crippen molar-refractivity contribution in [3.8, 4) is 0 Å². The van der Waals surface area contributed by atoms with E-state index < -0.39 is 0 Å². The van der Waals surface area contributed by atoms with Crippen LogP contribution in [0.3, 0.4) is 0 Å².